The van der Waals surface area contributed by atoms with E-state index in [0.29, 0.717) is 36.6 Å². The van der Waals surface area contributed by atoms with E-state index in [1.807, 2.05) is 24.3 Å². The van der Waals surface area contributed by atoms with Crippen molar-refractivity contribution >= 4 is 33.0 Å². The number of fused-ring (bicyclic) bond motifs is 1. The van der Waals surface area contributed by atoms with Gasteiger partial charge in [-0.3, -0.25) is 9.29 Å². The predicted octanol–water partition coefficient (Wildman–Crippen LogP) is 2.90. The van der Waals surface area contributed by atoms with Crippen molar-refractivity contribution in [2.75, 3.05) is 35.9 Å². The van der Waals surface area contributed by atoms with E-state index in [1.165, 1.54) is 4.31 Å². The first-order chi connectivity index (χ1) is 14.3. The Morgan fingerprint density at radius 2 is 2.17 bits per heavy atom. The second-order valence-corrected chi connectivity index (χ2v) is 10.3. The van der Waals surface area contributed by atoms with Crippen LogP contribution in [0.3, 0.4) is 0 Å². The third kappa shape index (κ3) is 3.41. The van der Waals surface area contributed by atoms with Crippen molar-refractivity contribution in [1.29, 1.82) is 5.26 Å². The van der Waals surface area contributed by atoms with Crippen LogP contribution < -0.4 is 9.21 Å². The predicted molar refractivity (Wildman–Crippen MR) is 116 cm³/mol. The van der Waals surface area contributed by atoms with Crippen molar-refractivity contribution in [1.82, 2.24) is 4.98 Å². The normalized spacial score (nSPS) is 25.1. The molecule has 0 aliphatic carbocycles. The highest BCUT2D eigenvalue weighted by atomic mass is 35.5. The van der Waals surface area contributed by atoms with Gasteiger partial charge in [0.05, 0.1) is 33.6 Å². The monoisotopic (exact) mass is 446 g/mol. The summed E-state index contributed by atoms with van der Waals surface area (Å²) in [5, 5.41) is 20.3. The number of aliphatic hydroxyl groups is 1. The van der Waals surface area contributed by atoms with E-state index in [9.17, 15) is 18.8 Å². The van der Waals surface area contributed by atoms with E-state index in [0.717, 1.165) is 16.8 Å². The Balaban J connectivity index is 1.75. The number of nitriles is 1. The fraction of sp³-hybridized carbons (Fsp3) is 0.429. The molecule has 0 amide bonds. The van der Waals surface area contributed by atoms with E-state index in [-0.39, 0.29) is 18.3 Å². The Bertz CT molecular complexity index is 1120. The SMILES string of the molecule is CN1c2ccc(C3CN(c4ccncc4Cl)CCC3(C#N)CCO)cc2CS1(=O)=O. The number of sulfonamides is 1. The molecule has 1 aromatic heterocycles. The standard InChI is InChI=1S/C21H23ClN4O3S/c1-25-19-3-2-15(10-16(19)13-30(25,28)29)17-12-26(20-4-7-24-11-18(20)22)8-5-21(17,14-23)6-9-27/h2-4,7,10-11,17,27H,5-6,8-9,12-13H2,1H3. The Kier molecular flexibility index (Phi) is 5.39. The van der Waals surface area contributed by atoms with Gasteiger partial charge in [-0.05, 0) is 36.1 Å². The summed E-state index contributed by atoms with van der Waals surface area (Å²) >= 11 is 6.36. The number of aliphatic hydroxyl groups excluding tert-OH is 1. The first kappa shape index (κ1) is 20.9. The molecular formula is C21H23ClN4O3S. The lowest BCUT2D eigenvalue weighted by molar-refractivity contribution is 0.175. The lowest BCUT2D eigenvalue weighted by Crippen LogP contribution is -2.46. The van der Waals surface area contributed by atoms with Crippen molar-refractivity contribution in [3.8, 4) is 6.07 Å². The highest BCUT2D eigenvalue weighted by Gasteiger charge is 2.45. The maximum Gasteiger partial charge on any atom is 0.239 e. The van der Waals surface area contributed by atoms with Gasteiger partial charge in [-0.15, -0.1) is 0 Å². The molecule has 0 radical (unpaired) electrons. The molecule has 0 spiro atoms. The molecule has 1 fully saturated rings. The molecule has 9 heteroatoms. The summed E-state index contributed by atoms with van der Waals surface area (Å²) in [5.74, 6) is -0.245. The van der Waals surface area contributed by atoms with Gasteiger partial charge < -0.3 is 10.0 Å². The summed E-state index contributed by atoms with van der Waals surface area (Å²) in [5.41, 5.74) is 2.44. The molecule has 0 saturated carbocycles. The van der Waals surface area contributed by atoms with Crippen molar-refractivity contribution in [3.63, 3.8) is 0 Å². The summed E-state index contributed by atoms with van der Waals surface area (Å²) in [6.07, 6.45) is 4.22. The molecule has 158 valence electrons. The largest absolute Gasteiger partial charge is 0.396 e. The number of piperidine rings is 1. The first-order valence-corrected chi connectivity index (χ1v) is 11.8. The fourth-order valence-electron chi connectivity index (χ4n) is 4.64. The van der Waals surface area contributed by atoms with Crippen molar-refractivity contribution in [3.05, 3.63) is 52.8 Å². The second-order valence-electron chi connectivity index (χ2n) is 7.93. The Hall–Kier alpha value is -2.34. The van der Waals surface area contributed by atoms with Crippen LogP contribution >= 0.6 is 11.6 Å². The number of halogens is 1. The topological polar surface area (TPSA) is 97.5 Å². The minimum atomic E-state index is -3.34. The Morgan fingerprint density at radius 1 is 1.37 bits per heavy atom. The number of nitrogens with zero attached hydrogens (tertiary/aromatic N) is 4. The minimum absolute atomic E-state index is 0.0428. The molecular weight excluding hydrogens is 424 g/mol. The van der Waals surface area contributed by atoms with Crippen LogP contribution in [0.25, 0.3) is 0 Å². The maximum atomic E-state index is 12.3. The molecule has 2 aliphatic rings. The number of rotatable bonds is 4. The number of aromatic nitrogens is 1. The molecule has 2 aliphatic heterocycles. The number of hydrogen-bond acceptors (Lipinski definition) is 6. The van der Waals surface area contributed by atoms with Crippen molar-refractivity contribution in [2.24, 2.45) is 5.41 Å². The first-order valence-electron chi connectivity index (χ1n) is 9.77. The summed E-state index contributed by atoms with van der Waals surface area (Å²) in [6, 6.07) is 9.97. The average Bonchev–Trinajstić information content (AvgIpc) is 2.96. The fourth-order valence-corrected chi connectivity index (χ4v) is 6.17. The molecule has 30 heavy (non-hydrogen) atoms. The average molecular weight is 447 g/mol. The number of pyridine rings is 1. The zero-order valence-electron chi connectivity index (χ0n) is 16.6. The highest BCUT2D eigenvalue weighted by Crippen LogP contribution is 2.48. The maximum absolute atomic E-state index is 12.3. The van der Waals surface area contributed by atoms with Gasteiger partial charge in [-0.25, -0.2) is 8.42 Å². The van der Waals surface area contributed by atoms with Gasteiger partial charge in [0.25, 0.3) is 0 Å². The summed E-state index contributed by atoms with van der Waals surface area (Å²) in [7, 11) is -1.79. The zero-order chi connectivity index (χ0) is 21.5. The van der Waals surface area contributed by atoms with Gasteiger partial charge in [0.1, 0.15) is 0 Å². The third-order valence-corrected chi connectivity index (χ3v) is 8.37. The number of hydrogen-bond donors (Lipinski definition) is 1. The van der Waals surface area contributed by atoms with Gasteiger partial charge >= 0.3 is 0 Å². The molecule has 1 aromatic carbocycles. The Labute approximate surface area is 181 Å². The molecule has 0 bridgehead atoms. The van der Waals surface area contributed by atoms with Gasteiger partial charge in [0, 0.05) is 45.1 Å². The summed E-state index contributed by atoms with van der Waals surface area (Å²) in [4.78, 5) is 6.18. The lowest BCUT2D eigenvalue weighted by atomic mass is 9.66. The van der Waals surface area contributed by atoms with Crippen LogP contribution in [-0.4, -0.2) is 45.3 Å². The van der Waals surface area contributed by atoms with Crippen molar-refractivity contribution < 1.29 is 13.5 Å². The summed E-state index contributed by atoms with van der Waals surface area (Å²) < 4.78 is 25.9. The van der Waals surface area contributed by atoms with Crippen LogP contribution in [0.4, 0.5) is 11.4 Å². The van der Waals surface area contributed by atoms with Crippen LogP contribution in [0.5, 0.6) is 0 Å². The number of benzene rings is 1. The number of anilines is 2. The van der Waals surface area contributed by atoms with Crippen LogP contribution in [0.2, 0.25) is 5.02 Å². The van der Waals surface area contributed by atoms with E-state index in [4.69, 9.17) is 11.6 Å². The van der Waals surface area contributed by atoms with E-state index >= 15 is 0 Å². The highest BCUT2D eigenvalue weighted by molar-refractivity contribution is 7.92. The molecule has 4 rings (SSSR count). The molecule has 2 aromatic rings. The van der Waals surface area contributed by atoms with Crippen LogP contribution in [0, 0.1) is 16.7 Å². The van der Waals surface area contributed by atoms with Gasteiger partial charge in [0.15, 0.2) is 0 Å². The minimum Gasteiger partial charge on any atom is -0.396 e. The smallest absolute Gasteiger partial charge is 0.239 e. The molecule has 1 saturated heterocycles. The summed E-state index contributed by atoms with van der Waals surface area (Å²) in [6.45, 7) is 1.09. The van der Waals surface area contributed by atoms with Crippen LogP contribution in [0.1, 0.15) is 29.9 Å². The van der Waals surface area contributed by atoms with Gasteiger partial charge in [0.2, 0.25) is 10.0 Å². The third-order valence-electron chi connectivity index (χ3n) is 6.37. The molecule has 2 unspecified atom stereocenters. The quantitative estimate of drug-likeness (QED) is 0.775. The van der Waals surface area contributed by atoms with Crippen LogP contribution in [-0.2, 0) is 15.8 Å². The zero-order valence-corrected chi connectivity index (χ0v) is 18.2. The molecule has 7 nitrogen and oxygen atoms in total. The van der Waals surface area contributed by atoms with Gasteiger partial charge in [-0.1, -0.05) is 23.7 Å². The van der Waals surface area contributed by atoms with E-state index in [2.05, 4.69) is 16.0 Å². The van der Waals surface area contributed by atoms with E-state index in [1.54, 1.807) is 19.4 Å². The molecule has 1 N–H and O–H groups in total. The van der Waals surface area contributed by atoms with Gasteiger partial charge in [-0.2, -0.15) is 5.26 Å². The lowest BCUT2D eigenvalue weighted by Gasteiger charge is -2.45. The molecule has 2 atom stereocenters. The van der Waals surface area contributed by atoms with E-state index < -0.39 is 15.4 Å². The van der Waals surface area contributed by atoms with Crippen molar-refractivity contribution in [2.45, 2.75) is 24.5 Å². The van der Waals surface area contributed by atoms with Crippen LogP contribution in [0.15, 0.2) is 36.7 Å². The molecule has 3 heterocycles. The Morgan fingerprint density at radius 3 is 2.87 bits per heavy atom. The second kappa shape index (κ2) is 7.73.